The van der Waals surface area contributed by atoms with Crippen molar-refractivity contribution < 1.29 is 5.11 Å². The predicted octanol–water partition coefficient (Wildman–Crippen LogP) is 4.14. The molecule has 0 spiro atoms. The number of halogens is 3. The molecule has 130 valence electrons. The van der Waals surface area contributed by atoms with Crippen LogP contribution in [-0.4, -0.2) is 29.8 Å². The first-order valence-electron chi connectivity index (χ1n) is 7.66. The Bertz CT molecular complexity index is 550. The molecule has 0 aromatic heterocycles. The molecule has 1 unspecified atom stereocenters. The van der Waals surface area contributed by atoms with Crippen LogP contribution in [0.4, 0.5) is 0 Å². The lowest BCUT2D eigenvalue weighted by Crippen LogP contribution is -2.43. The van der Waals surface area contributed by atoms with E-state index in [9.17, 15) is 5.11 Å². The van der Waals surface area contributed by atoms with Gasteiger partial charge in [-0.05, 0) is 50.8 Å². The summed E-state index contributed by atoms with van der Waals surface area (Å²) >= 11 is 12.2. The minimum Gasteiger partial charge on any atom is -0.388 e. The van der Waals surface area contributed by atoms with Gasteiger partial charge in [-0.25, -0.2) is 0 Å². The zero-order valence-corrected chi connectivity index (χ0v) is 17.2. The molecule has 1 aromatic rings. The quantitative estimate of drug-likeness (QED) is 0.343. The fourth-order valence-corrected chi connectivity index (χ4v) is 3.00. The van der Waals surface area contributed by atoms with Crippen LogP contribution in [0.5, 0.6) is 0 Å². The molecule has 1 aliphatic rings. The minimum absolute atomic E-state index is 0. The van der Waals surface area contributed by atoms with Crippen LogP contribution in [-0.2, 0) is 0 Å². The summed E-state index contributed by atoms with van der Waals surface area (Å²) in [7, 11) is 0. The Kier molecular flexibility index (Phi) is 8.41. The van der Waals surface area contributed by atoms with E-state index in [0.29, 0.717) is 22.5 Å². The van der Waals surface area contributed by atoms with E-state index in [-0.39, 0.29) is 30.0 Å². The summed E-state index contributed by atoms with van der Waals surface area (Å²) in [5.41, 5.74) is 0.336. The molecule has 1 fully saturated rings. The number of benzene rings is 1. The van der Waals surface area contributed by atoms with Crippen LogP contribution in [0.15, 0.2) is 23.2 Å². The predicted molar refractivity (Wildman–Crippen MR) is 108 cm³/mol. The van der Waals surface area contributed by atoms with Gasteiger partial charge in [0.15, 0.2) is 5.96 Å². The number of rotatable bonds is 5. The van der Waals surface area contributed by atoms with E-state index in [1.54, 1.807) is 6.07 Å². The molecule has 7 heteroatoms. The number of nitrogens with zero attached hydrogens (tertiary/aromatic N) is 1. The van der Waals surface area contributed by atoms with E-state index in [0.717, 1.165) is 31.4 Å². The van der Waals surface area contributed by atoms with Crippen LogP contribution in [0, 0.1) is 0 Å². The Labute approximate surface area is 165 Å². The molecule has 1 saturated carbocycles. The standard InChI is InChI=1S/C16H23Cl2N3O.HI/c1-3-19-15(20-10-16(22)7-4-8-16)21-11(2)13-6-5-12(17)9-14(13)18;/h5-6,9,11,22H,3-4,7-8,10H2,1-2H3,(H2,19,20,21);1H. The van der Waals surface area contributed by atoms with Crippen LogP contribution in [0.3, 0.4) is 0 Å². The summed E-state index contributed by atoms with van der Waals surface area (Å²) in [6.07, 6.45) is 2.73. The molecule has 4 nitrogen and oxygen atoms in total. The zero-order chi connectivity index (χ0) is 16.2. The molecule has 0 bridgehead atoms. The van der Waals surface area contributed by atoms with E-state index in [4.69, 9.17) is 23.2 Å². The molecule has 3 N–H and O–H groups in total. The molecule has 23 heavy (non-hydrogen) atoms. The van der Waals surface area contributed by atoms with Crippen molar-refractivity contribution in [2.24, 2.45) is 4.99 Å². The smallest absolute Gasteiger partial charge is 0.191 e. The third-order valence-corrected chi connectivity index (χ3v) is 4.50. The average molecular weight is 472 g/mol. The maximum atomic E-state index is 10.2. The number of nitrogens with one attached hydrogen (secondary N) is 2. The fourth-order valence-electron chi connectivity index (χ4n) is 2.42. The van der Waals surface area contributed by atoms with Crippen LogP contribution < -0.4 is 10.6 Å². The molecule has 1 aromatic carbocycles. The van der Waals surface area contributed by atoms with E-state index < -0.39 is 5.60 Å². The minimum atomic E-state index is -0.622. The largest absolute Gasteiger partial charge is 0.388 e. The lowest BCUT2D eigenvalue weighted by molar-refractivity contribution is -0.0236. The highest BCUT2D eigenvalue weighted by molar-refractivity contribution is 14.0. The second-order valence-corrected chi connectivity index (χ2v) is 6.65. The first-order valence-corrected chi connectivity index (χ1v) is 8.41. The Balaban J connectivity index is 0.00000264. The van der Waals surface area contributed by atoms with Gasteiger partial charge in [0.1, 0.15) is 0 Å². The van der Waals surface area contributed by atoms with Crippen molar-refractivity contribution in [3.05, 3.63) is 33.8 Å². The number of hydrogen-bond donors (Lipinski definition) is 3. The molecule has 0 heterocycles. The lowest BCUT2D eigenvalue weighted by Gasteiger charge is -2.35. The molecule has 0 amide bonds. The summed E-state index contributed by atoms with van der Waals surface area (Å²) in [5.74, 6) is 0.682. The van der Waals surface area contributed by atoms with Crippen molar-refractivity contribution in [1.29, 1.82) is 0 Å². The van der Waals surface area contributed by atoms with Crippen molar-refractivity contribution in [1.82, 2.24) is 10.6 Å². The maximum absolute atomic E-state index is 10.2. The number of guanidine groups is 1. The van der Waals surface area contributed by atoms with E-state index in [2.05, 4.69) is 15.6 Å². The van der Waals surface area contributed by atoms with Gasteiger partial charge in [-0.15, -0.1) is 24.0 Å². The highest BCUT2D eigenvalue weighted by Crippen LogP contribution is 2.31. The van der Waals surface area contributed by atoms with E-state index in [1.165, 1.54) is 0 Å². The van der Waals surface area contributed by atoms with Gasteiger partial charge in [0.25, 0.3) is 0 Å². The van der Waals surface area contributed by atoms with Gasteiger partial charge in [-0.1, -0.05) is 29.3 Å². The molecule has 1 aliphatic carbocycles. The van der Waals surface area contributed by atoms with Crippen LogP contribution in [0.1, 0.15) is 44.7 Å². The molecular formula is C16H24Cl2IN3O. The molecule has 2 rings (SSSR count). The van der Waals surface area contributed by atoms with Gasteiger partial charge >= 0.3 is 0 Å². The van der Waals surface area contributed by atoms with Crippen molar-refractivity contribution in [2.75, 3.05) is 13.1 Å². The fraction of sp³-hybridized carbons (Fsp3) is 0.562. The summed E-state index contributed by atoms with van der Waals surface area (Å²) in [5, 5.41) is 17.9. The highest BCUT2D eigenvalue weighted by atomic mass is 127. The van der Waals surface area contributed by atoms with Crippen molar-refractivity contribution in [3.8, 4) is 0 Å². The zero-order valence-electron chi connectivity index (χ0n) is 13.4. The van der Waals surface area contributed by atoms with Crippen molar-refractivity contribution >= 4 is 53.1 Å². The lowest BCUT2D eigenvalue weighted by atomic mass is 9.80. The molecule has 0 aliphatic heterocycles. The monoisotopic (exact) mass is 471 g/mol. The number of hydrogen-bond acceptors (Lipinski definition) is 2. The molecular weight excluding hydrogens is 448 g/mol. The van der Waals surface area contributed by atoms with Crippen LogP contribution in [0.25, 0.3) is 0 Å². The Hall–Kier alpha value is -0.240. The van der Waals surface area contributed by atoms with E-state index in [1.807, 2.05) is 26.0 Å². The van der Waals surface area contributed by atoms with Gasteiger partial charge in [0, 0.05) is 16.6 Å². The van der Waals surface area contributed by atoms with Gasteiger partial charge in [0.05, 0.1) is 18.2 Å². The molecule has 0 saturated heterocycles. The highest BCUT2D eigenvalue weighted by Gasteiger charge is 2.34. The Morgan fingerprint density at radius 3 is 2.61 bits per heavy atom. The second-order valence-electron chi connectivity index (χ2n) is 5.80. The summed E-state index contributed by atoms with van der Waals surface area (Å²) in [6, 6.07) is 5.45. The molecule has 1 atom stereocenters. The van der Waals surface area contributed by atoms with Crippen molar-refractivity contribution in [2.45, 2.75) is 44.8 Å². The van der Waals surface area contributed by atoms with Gasteiger partial charge < -0.3 is 15.7 Å². The third-order valence-electron chi connectivity index (χ3n) is 3.94. The first-order chi connectivity index (χ1) is 10.4. The Morgan fingerprint density at radius 1 is 1.39 bits per heavy atom. The maximum Gasteiger partial charge on any atom is 0.191 e. The number of aliphatic imine (C=N–C) groups is 1. The SMILES string of the molecule is CCNC(=NCC1(O)CCC1)NC(C)c1ccc(Cl)cc1Cl.I. The third kappa shape index (κ3) is 5.96. The van der Waals surface area contributed by atoms with Gasteiger partial charge in [-0.3, -0.25) is 4.99 Å². The summed E-state index contributed by atoms with van der Waals surface area (Å²) in [4.78, 5) is 4.50. The van der Waals surface area contributed by atoms with E-state index >= 15 is 0 Å². The second kappa shape index (κ2) is 9.30. The summed E-state index contributed by atoms with van der Waals surface area (Å²) < 4.78 is 0. The first kappa shape index (κ1) is 20.8. The Morgan fingerprint density at radius 2 is 2.09 bits per heavy atom. The van der Waals surface area contributed by atoms with Crippen LogP contribution >= 0.6 is 47.2 Å². The number of aliphatic hydroxyl groups is 1. The van der Waals surface area contributed by atoms with Gasteiger partial charge in [0.2, 0.25) is 0 Å². The molecule has 0 radical (unpaired) electrons. The summed E-state index contributed by atoms with van der Waals surface area (Å²) in [6.45, 7) is 5.20. The normalized spacial score (nSPS) is 17.7. The average Bonchev–Trinajstić information content (AvgIpc) is 2.42. The topological polar surface area (TPSA) is 56.7 Å². The van der Waals surface area contributed by atoms with Crippen LogP contribution in [0.2, 0.25) is 10.0 Å². The van der Waals surface area contributed by atoms with Gasteiger partial charge in [-0.2, -0.15) is 0 Å². The van der Waals surface area contributed by atoms with Crippen molar-refractivity contribution in [3.63, 3.8) is 0 Å².